The first-order valence-electron chi connectivity index (χ1n) is 9.04. The van der Waals surface area contributed by atoms with Crippen molar-refractivity contribution >= 4 is 5.91 Å². The van der Waals surface area contributed by atoms with Gasteiger partial charge in [0.25, 0.3) is 5.91 Å². The summed E-state index contributed by atoms with van der Waals surface area (Å²) in [5, 5.41) is 8.46. The lowest BCUT2D eigenvalue weighted by Gasteiger charge is -2.28. The highest BCUT2D eigenvalue weighted by atomic mass is 16.5. The largest absolute Gasteiger partial charge is 0.378 e. The van der Waals surface area contributed by atoms with E-state index >= 15 is 0 Å². The van der Waals surface area contributed by atoms with Crippen LogP contribution >= 0.6 is 0 Å². The minimum absolute atomic E-state index is 0.101. The summed E-state index contributed by atoms with van der Waals surface area (Å²) in [4.78, 5) is 15.0. The maximum absolute atomic E-state index is 13.2. The molecule has 1 aliphatic rings. The minimum atomic E-state index is -0.101. The van der Waals surface area contributed by atoms with E-state index < -0.39 is 0 Å². The van der Waals surface area contributed by atoms with Crippen LogP contribution in [0.2, 0.25) is 0 Å². The summed E-state index contributed by atoms with van der Waals surface area (Å²) >= 11 is 0. The van der Waals surface area contributed by atoms with Gasteiger partial charge < -0.3 is 9.64 Å². The third-order valence-corrected chi connectivity index (χ3v) is 4.91. The Morgan fingerprint density at radius 3 is 2.74 bits per heavy atom. The second-order valence-electron chi connectivity index (χ2n) is 6.81. The molecule has 2 aromatic carbocycles. The van der Waals surface area contributed by atoms with Gasteiger partial charge in [-0.2, -0.15) is 0 Å². The number of benzene rings is 2. The predicted molar refractivity (Wildman–Crippen MR) is 102 cm³/mol. The standard InChI is InChI=1S/C21H22N4O2/c1-15-6-5-9-18(12-15)25-19(14-27-2)20(22-23-25)21(26)24-11-10-16-7-3-4-8-17(16)13-24/h3-9,12H,10-11,13-14H2,1-2H3. The number of nitrogens with zero attached hydrogens (tertiary/aromatic N) is 4. The van der Waals surface area contributed by atoms with Crippen molar-refractivity contribution in [2.45, 2.75) is 26.5 Å². The topological polar surface area (TPSA) is 60.2 Å². The molecular formula is C21H22N4O2. The van der Waals surface area contributed by atoms with Crippen molar-refractivity contribution in [3.8, 4) is 5.69 Å². The molecule has 0 N–H and O–H groups in total. The molecule has 6 nitrogen and oxygen atoms in total. The highest BCUT2D eigenvalue weighted by Crippen LogP contribution is 2.22. The Labute approximate surface area is 158 Å². The molecule has 0 unspecified atom stereocenters. The van der Waals surface area contributed by atoms with Gasteiger partial charge >= 0.3 is 0 Å². The quantitative estimate of drug-likeness (QED) is 0.716. The average Bonchev–Trinajstić information content (AvgIpc) is 3.11. The minimum Gasteiger partial charge on any atom is -0.378 e. The molecule has 0 atom stereocenters. The summed E-state index contributed by atoms with van der Waals surface area (Å²) in [7, 11) is 1.61. The molecule has 138 valence electrons. The van der Waals surface area contributed by atoms with E-state index in [9.17, 15) is 4.79 Å². The van der Waals surface area contributed by atoms with E-state index in [1.54, 1.807) is 11.8 Å². The molecule has 2 heterocycles. The number of aryl methyl sites for hydroxylation is 1. The lowest BCUT2D eigenvalue weighted by Crippen LogP contribution is -2.36. The number of amides is 1. The van der Waals surface area contributed by atoms with Crippen LogP contribution in [-0.4, -0.2) is 39.5 Å². The van der Waals surface area contributed by atoms with E-state index in [1.807, 2.05) is 48.2 Å². The molecule has 1 amide bonds. The van der Waals surface area contributed by atoms with Crippen LogP contribution in [0.4, 0.5) is 0 Å². The van der Waals surface area contributed by atoms with Gasteiger partial charge in [0.2, 0.25) is 0 Å². The zero-order chi connectivity index (χ0) is 18.8. The molecule has 0 bridgehead atoms. The van der Waals surface area contributed by atoms with Gasteiger partial charge in [-0.15, -0.1) is 5.10 Å². The summed E-state index contributed by atoms with van der Waals surface area (Å²) in [6.07, 6.45) is 0.855. The fourth-order valence-electron chi connectivity index (χ4n) is 3.52. The van der Waals surface area contributed by atoms with Crippen LogP contribution in [0.25, 0.3) is 5.69 Å². The number of carbonyl (C=O) groups is 1. The average molecular weight is 362 g/mol. The van der Waals surface area contributed by atoms with Crippen molar-refractivity contribution in [1.29, 1.82) is 0 Å². The molecule has 0 radical (unpaired) electrons. The van der Waals surface area contributed by atoms with Crippen LogP contribution in [0.5, 0.6) is 0 Å². The molecule has 0 saturated carbocycles. The van der Waals surface area contributed by atoms with E-state index in [4.69, 9.17) is 4.74 Å². The summed E-state index contributed by atoms with van der Waals surface area (Å²) in [6, 6.07) is 16.2. The molecule has 0 saturated heterocycles. The molecule has 1 aliphatic heterocycles. The first kappa shape index (κ1) is 17.4. The SMILES string of the molecule is COCc1c(C(=O)N2CCc3ccccc3C2)nnn1-c1cccc(C)c1. The van der Waals surface area contributed by atoms with Gasteiger partial charge in [-0.25, -0.2) is 4.68 Å². The van der Waals surface area contributed by atoms with Crippen molar-refractivity contribution in [1.82, 2.24) is 19.9 Å². The van der Waals surface area contributed by atoms with E-state index in [-0.39, 0.29) is 12.5 Å². The normalized spacial score (nSPS) is 13.5. The Hall–Kier alpha value is -2.99. The Morgan fingerprint density at radius 2 is 1.96 bits per heavy atom. The number of hydrogen-bond acceptors (Lipinski definition) is 4. The highest BCUT2D eigenvalue weighted by Gasteiger charge is 2.27. The van der Waals surface area contributed by atoms with E-state index in [2.05, 4.69) is 22.4 Å². The molecule has 1 aromatic heterocycles. The number of aromatic nitrogens is 3. The molecule has 3 aromatic rings. The molecule has 27 heavy (non-hydrogen) atoms. The van der Waals surface area contributed by atoms with Gasteiger partial charge in [0.1, 0.15) is 5.69 Å². The molecule has 0 fully saturated rings. The van der Waals surface area contributed by atoms with Gasteiger partial charge in [-0.3, -0.25) is 4.79 Å². The summed E-state index contributed by atoms with van der Waals surface area (Å²) < 4.78 is 7.04. The molecule has 6 heteroatoms. The van der Waals surface area contributed by atoms with Crippen molar-refractivity contribution in [2.75, 3.05) is 13.7 Å². The second-order valence-corrected chi connectivity index (χ2v) is 6.81. The maximum atomic E-state index is 13.2. The fourth-order valence-corrected chi connectivity index (χ4v) is 3.52. The van der Waals surface area contributed by atoms with Gasteiger partial charge in [0.15, 0.2) is 5.69 Å². The Kier molecular flexibility index (Phi) is 4.73. The van der Waals surface area contributed by atoms with Gasteiger partial charge in [-0.05, 0) is 42.2 Å². The summed E-state index contributed by atoms with van der Waals surface area (Å²) in [6.45, 7) is 3.57. The first-order valence-corrected chi connectivity index (χ1v) is 9.04. The third-order valence-electron chi connectivity index (χ3n) is 4.91. The van der Waals surface area contributed by atoms with E-state index in [1.165, 1.54) is 11.1 Å². The van der Waals surface area contributed by atoms with Crippen molar-refractivity contribution < 1.29 is 9.53 Å². The number of fused-ring (bicyclic) bond motifs is 1. The van der Waals surface area contributed by atoms with Gasteiger partial charge in [-0.1, -0.05) is 41.6 Å². The number of hydrogen-bond donors (Lipinski definition) is 0. The monoisotopic (exact) mass is 362 g/mol. The van der Waals surface area contributed by atoms with Crippen LogP contribution in [0.1, 0.15) is 32.9 Å². The predicted octanol–water partition coefficient (Wildman–Crippen LogP) is 2.92. The molecule has 0 aliphatic carbocycles. The van der Waals surface area contributed by atoms with Gasteiger partial charge in [0, 0.05) is 20.2 Å². The first-order chi connectivity index (χ1) is 13.2. The number of methoxy groups -OCH3 is 1. The Morgan fingerprint density at radius 1 is 1.15 bits per heavy atom. The van der Waals surface area contributed by atoms with Crippen LogP contribution in [0.3, 0.4) is 0 Å². The molecule has 0 spiro atoms. The Bertz CT molecular complexity index is 980. The maximum Gasteiger partial charge on any atom is 0.276 e. The number of rotatable bonds is 4. The van der Waals surface area contributed by atoms with Crippen LogP contribution in [0, 0.1) is 6.92 Å². The molecule has 4 rings (SSSR count). The molecular weight excluding hydrogens is 340 g/mol. The summed E-state index contributed by atoms with van der Waals surface area (Å²) in [5.41, 5.74) is 5.52. The van der Waals surface area contributed by atoms with Gasteiger partial charge in [0.05, 0.1) is 12.3 Å². The number of ether oxygens (including phenoxy) is 1. The lowest BCUT2D eigenvalue weighted by molar-refractivity contribution is 0.0723. The van der Waals surface area contributed by atoms with Crippen molar-refractivity contribution in [2.24, 2.45) is 0 Å². The highest BCUT2D eigenvalue weighted by molar-refractivity contribution is 5.93. The van der Waals surface area contributed by atoms with Crippen molar-refractivity contribution in [3.05, 3.63) is 76.6 Å². The van der Waals surface area contributed by atoms with E-state index in [0.29, 0.717) is 24.5 Å². The smallest absolute Gasteiger partial charge is 0.276 e. The van der Waals surface area contributed by atoms with Crippen LogP contribution < -0.4 is 0 Å². The zero-order valence-corrected chi connectivity index (χ0v) is 15.6. The van der Waals surface area contributed by atoms with E-state index in [0.717, 1.165) is 17.7 Å². The second kappa shape index (κ2) is 7.32. The fraction of sp³-hybridized carbons (Fsp3) is 0.286. The number of carbonyl (C=O) groups excluding carboxylic acids is 1. The third kappa shape index (κ3) is 3.36. The Balaban J connectivity index is 1.66. The van der Waals surface area contributed by atoms with Crippen molar-refractivity contribution in [3.63, 3.8) is 0 Å². The summed E-state index contributed by atoms with van der Waals surface area (Å²) in [5.74, 6) is -0.101. The van der Waals surface area contributed by atoms with Crippen LogP contribution in [-0.2, 0) is 24.3 Å². The van der Waals surface area contributed by atoms with Crippen LogP contribution in [0.15, 0.2) is 48.5 Å². The zero-order valence-electron chi connectivity index (χ0n) is 15.6. The lowest BCUT2D eigenvalue weighted by atomic mass is 9.99.